The molecule has 1 aliphatic heterocycles. The molecule has 0 saturated carbocycles. The fourth-order valence-corrected chi connectivity index (χ4v) is 1.96. The largest absolute Gasteiger partial charge is 0.328 e. The number of likely N-dealkylation sites (tertiary alicyclic amines) is 1. The van der Waals surface area contributed by atoms with Gasteiger partial charge >= 0.3 is 8.60 Å². The van der Waals surface area contributed by atoms with Crippen molar-refractivity contribution in [2.75, 3.05) is 19.7 Å². The molecule has 12 heavy (non-hydrogen) atoms. The maximum absolute atomic E-state index is 8.55. The molecule has 1 atom stereocenters. The van der Waals surface area contributed by atoms with Gasteiger partial charge in [0, 0.05) is 6.04 Å². The van der Waals surface area contributed by atoms with Crippen LogP contribution < -0.4 is 0 Å². The number of rotatable bonds is 4. The molecule has 1 fully saturated rings. The van der Waals surface area contributed by atoms with Crippen LogP contribution in [0.1, 0.15) is 19.8 Å². The van der Waals surface area contributed by atoms with E-state index in [4.69, 9.17) is 14.3 Å². The molecule has 1 heterocycles. The van der Waals surface area contributed by atoms with Gasteiger partial charge < -0.3 is 14.3 Å². The van der Waals surface area contributed by atoms with Crippen LogP contribution in [0.2, 0.25) is 0 Å². The van der Waals surface area contributed by atoms with Crippen molar-refractivity contribution in [2.45, 2.75) is 25.8 Å². The zero-order valence-corrected chi connectivity index (χ0v) is 8.20. The fourth-order valence-electron chi connectivity index (χ4n) is 1.65. The van der Waals surface area contributed by atoms with Crippen LogP contribution in [0.15, 0.2) is 0 Å². The van der Waals surface area contributed by atoms with E-state index in [0.29, 0.717) is 12.6 Å². The van der Waals surface area contributed by atoms with Crippen molar-refractivity contribution in [1.29, 1.82) is 0 Å². The van der Waals surface area contributed by atoms with Crippen LogP contribution in [0, 0.1) is 0 Å². The Morgan fingerprint density at radius 1 is 1.58 bits per heavy atom. The van der Waals surface area contributed by atoms with Crippen molar-refractivity contribution >= 4 is 8.60 Å². The summed E-state index contributed by atoms with van der Waals surface area (Å²) in [6.45, 7) is 4.69. The zero-order valence-electron chi connectivity index (χ0n) is 7.31. The van der Waals surface area contributed by atoms with E-state index >= 15 is 0 Å². The minimum absolute atomic E-state index is 0.388. The van der Waals surface area contributed by atoms with E-state index in [1.165, 1.54) is 6.42 Å². The summed E-state index contributed by atoms with van der Waals surface area (Å²) in [6, 6.07) is 0.388. The first kappa shape index (κ1) is 10.4. The lowest BCUT2D eigenvalue weighted by Gasteiger charge is -2.22. The third kappa shape index (κ3) is 2.96. The van der Waals surface area contributed by atoms with Crippen molar-refractivity contribution < 1.29 is 14.3 Å². The summed E-state index contributed by atoms with van der Waals surface area (Å²) >= 11 is 0. The lowest BCUT2D eigenvalue weighted by atomic mass is 10.2. The molecule has 0 aliphatic carbocycles. The SMILES string of the molecule is CCN1CCCC1COP(O)O. The van der Waals surface area contributed by atoms with Crippen LogP contribution in [0.25, 0.3) is 0 Å². The van der Waals surface area contributed by atoms with Crippen LogP contribution in [-0.2, 0) is 4.52 Å². The Balaban J connectivity index is 2.21. The summed E-state index contributed by atoms with van der Waals surface area (Å²) in [5.74, 6) is 0. The molecule has 1 rings (SSSR count). The maximum Gasteiger partial charge on any atom is 0.327 e. The second kappa shape index (κ2) is 5.10. The third-order valence-electron chi connectivity index (χ3n) is 2.29. The van der Waals surface area contributed by atoms with Gasteiger partial charge in [0.05, 0.1) is 6.61 Å². The second-order valence-corrected chi connectivity index (χ2v) is 3.74. The predicted octanol–water partition coefficient (Wildman–Crippen LogP) is 0.699. The molecule has 0 spiro atoms. The Morgan fingerprint density at radius 3 is 2.92 bits per heavy atom. The summed E-state index contributed by atoms with van der Waals surface area (Å²) in [4.78, 5) is 19.4. The van der Waals surface area contributed by atoms with E-state index in [2.05, 4.69) is 11.8 Å². The van der Waals surface area contributed by atoms with Crippen molar-refractivity contribution in [3.05, 3.63) is 0 Å². The van der Waals surface area contributed by atoms with Crippen molar-refractivity contribution in [2.24, 2.45) is 0 Å². The smallest absolute Gasteiger partial charge is 0.327 e. The molecular formula is C7H16NO3P. The third-order valence-corrected chi connectivity index (χ3v) is 2.67. The quantitative estimate of drug-likeness (QED) is 0.645. The van der Waals surface area contributed by atoms with Gasteiger partial charge in [0.2, 0.25) is 0 Å². The van der Waals surface area contributed by atoms with Gasteiger partial charge in [-0.05, 0) is 25.9 Å². The predicted molar refractivity (Wildman–Crippen MR) is 47.6 cm³/mol. The average molecular weight is 193 g/mol. The molecule has 1 aliphatic rings. The minimum Gasteiger partial charge on any atom is -0.328 e. The first-order valence-corrected chi connectivity index (χ1v) is 5.45. The van der Waals surface area contributed by atoms with Crippen LogP contribution in [0.5, 0.6) is 0 Å². The summed E-state index contributed by atoms with van der Waals surface area (Å²) in [5, 5.41) is 0. The molecule has 0 aromatic rings. The lowest BCUT2D eigenvalue weighted by molar-refractivity contribution is 0.162. The topological polar surface area (TPSA) is 52.9 Å². The minimum atomic E-state index is -2.17. The molecule has 0 bridgehead atoms. The van der Waals surface area contributed by atoms with Crippen molar-refractivity contribution in [1.82, 2.24) is 4.90 Å². The fraction of sp³-hybridized carbons (Fsp3) is 1.00. The highest BCUT2D eigenvalue weighted by molar-refractivity contribution is 7.39. The lowest BCUT2D eigenvalue weighted by Crippen LogP contribution is -2.32. The van der Waals surface area contributed by atoms with Crippen molar-refractivity contribution in [3.8, 4) is 0 Å². The van der Waals surface area contributed by atoms with Crippen LogP contribution in [-0.4, -0.2) is 40.4 Å². The Morgan fingerprint density at radius 2 is 2.33 bits per heavy atom. The molecular weight excluding hydrogens is 177 g/mol. The van der Waals surface area contributed by atoms with Gasteiger partial charge in [0.15, 0.2) is 0 Å². The van der Waals surface area contributed by atoms with Crippen molar-refractivity contribution in [3.63, 3.8) is 0 Å². The van der Waals surface area contributed by atoms with E-state index in [1.807, 2.05) is 0 Å². The molecule has 5 heteroatoms. The van der Waals surface area contributed by atoms with Crippen LogP contribution in [0.4, 0.5) is 0 Å². The first-order valence-electron chi connectivity index (χ1n) is 4.29. The monoisotopic (exact) mass is 193 g/mol. The Hall–Kier alpha value is 0.270. The van der Waals surface area contributed by atoms with E-state index in [0.717, 1.165) is 19.5 Å². The number of likely N-dealkylation sites (N-methyl/N-ethyl adjacent to an activating group) is 1. The van der Waals surface area contributed by atoms with E-state index < -0.39 is 8.60 Å². The first-order chi connectivity index (χ1) is 5.74. The molecule has 72 valence electrons. The van der Waals surface area contributed by atoms with Gasteiger partial charge in [-0.3, -0.25) is 4.90 Å². The summed E-state index contributed by atoms with van der Waals surface area (Å²) in [5.41, 5.74) is 0. The summed E-state index contributed by atoms with van der Waals surface area (Å²) in [6.07, 6.45) is 2.30. The summed E-state index contributed by atoms with van der Waals surface area (Å²) < 4.78 is 4.79. The van der Waals surface area contributed by atoms with Gasteiger partial charge in [-0.1, -0.05) is 6.92 Å². The standard InChI is InChI=1S/C7H16NO3P/c1-2-8-5-3-4-7(8)6-11-12(9)10/h7,9-10H,2-6H2,1H3. The second-order valence-electron chi connectivity index (χ2n) is 2.97. The van der Waals surface area contributed by atoms with Gasteiger partial charge in [-0.15, -0.1) is 0 Å². The average Bonchev–Trinajstić information content (AvgIpc) is 2.47. The van der Waals surface area contributed by atoms with E-state index in [9.17, 15) is 0 Å². The molecule has 0 aromatic carbocycles. The Bertz CT molecular complexity index is 134. The maximum atomic E-state index is 8.55. The molecule has 4 nitrogen and oxygen atoms in total. The number of hydrogen-bond acceptors (Lipinski definition) is 4. The van der Waals surface area contributed by atoms with Gasteiger partial charge in [-0.25, -0.2) is 0 Å². The Labute approximate surface area is 74.1 Å². The number of hydrogen-bond donors (Lipinski definition) is 2. The highest BCUT2D eigenvalue weighted by Gasteiger charge is 2.23. The number of nitrogens with zero attached hydrogens (tertiary/aromatic N) is 1. The molecule has 1 saturated heterocycles. The highest BCUT2D eigenvalue weighted by atomic mass is 31.2. The van der Waals surface area contributed by atoms with Crippen LogP contribution >= 0.6 is 8.60 Å². The molecule has 0 amide bonds. The normalized spacial score (nSPS) is 25.5. The zero-order chi connectivity index (χ0) is 8.97. The van der Waals surface area contributed by atoms with Gasteiger partial charge in [0.25, 0.3) is 0 Å². The highest BCUT2D eigenvalue weighted by Crippen LogP contribution is 2.27. The van der Waals surface area contributed by atoms with E-state index in [-0.39, 0.29) is 0 Å². The van der Waals surface area contributed by atoms with Gasteiger partial charge in [-0.2, -0.15) is 0 Å². The van der Waals surface area contributed by atoms with Crippen LogP contribution in [0.3, 0.4) is 0 Å². The molecule has 0 aromatic heterocycles. The molecule has 2 N–H and O–H groups in total. The van der Waals surface area contributed by atoms with Gasteiger partial charge in [0.1, 0.15) is 0 Å². The molecule has 0 radical (unpaired) electrons. The van der Waals surface area contributed by atoms with E-state index in [1.54, 1.807) is 0 Å². The summed E-state index contributed by atoms with van der Waals surface area (Å²) in [7, 11) is -2.17. The molecule has 1 unspecified atom stereocenters. The Kier molecular flexibility index (Phi) is 4.40.